The zero-order valence-corrected chi connectivity index (χ0v) is 14.3. The van der Waals surface area contributed by atoms with Crippen LogP contribution >= 0.6 is 0 Å². The van der Waals surface area contributed by atoms with Gasteiger partial charge in [-0.15, -0.1) is 0 Å². The minimum atomic E-state index is 0.120. The molecule has 1 fully saturated rings. The van der Waals surface area contributed by atoms with Crippen LogP contribution in [0.5, 0.6) is 0 Å². The Labute approximate surface area is 130 Å². The van der Waals surface area contributed by atoms with Gasteiger partial charge >= 0.3 is 0 Å². The number of nitrogens with one attached hydrogen (secondary N) is 1. The molecule has 1 amide bonds. The molecule has 0 saturated heterocycles. The Morgan fingerprint density at radius 1 is 1.24 bits per heavy atom. The first-order valence-corrected chi connectivity index (χ1v) is 8.68. The first kappa shape index (κ1) is 18.4. The first-order chi connectivity index (χ1) is 9.96. The maximum Gasteiger partial charge on any atom is 0.221 e. The number of carbonyl (C=O) groups excluding carboxylic acids is 1. The lowest BCUT2D eigenvalue weighted by Crippen LogP contribution is -2.42. The third-order valence-corrected chi connectivity index (χ3v) is 4.37. The Morgan fingerprint density at radius 3 is 2.48 bits per heavy atom. The SMILES string of the molecule is CCCN(CCC(=O)NC1CCCCC1)CC(C)(C)CN. The second-order valence-corrected chi connectivity index (χ2v) is 7.30. The average molecular weight is 297 g/mol. The number of rotatable bonds is 9. The van der Waals surface area contributed by atoms with Gasteiger partial charge in [0.25, 0.3) is 0 Å². The van der Waals surface area contributed by atoms with E-state index in [9.17, 15) is 4.79 Å². The van der Waals surface area contributed by atoms with Crippen molar-refractivity contribution in [2.24, 2.45) is 11.1 Å². The lowest BCUT2D eigenvalue weighted by molar-refractivity contribution is -0.122. The predicted molar refractivity (Wildman–Crippen MR) is 89.2 cm³/mol. The van der Waals surface area contributed by atoms with Gasteiger partial charge in [-0.25, -0.2) is 0 Å². The predicted octanol–water partition coefficient (Wildman–Crippen LogP) is 2.52. The van der Waals surface area contributed by atoms with Gasteiger partial charge in [-0.1, -0.05) is 40.0 Å². The van der Waals surface area contributed by atoms with Gasteiger partial charge in [0.05, 0.1) is 0 Å². The molecule has 0 heterocycles. The largest absolute Gasteiger partial charge is 0.353 e. The van der Waals surface area contributed by atoms with Crippen LogP contribution < -0.4 is 11.1 Å². The number of nitrogens with two attached hydrogens (primary N) is 1. The summed E-state index contributed by atoms with van der Waals surface area (Å²) in [5.74, 6) is 0.216. The molecule has 0 spiro atoms. The van der Waals surface area contributed by atoms with E-state index in [1.165, 1.54) is 19.3 Å². The second kappa shape index (κ2) is 9.42. The highest BCUT2D eigenvalue weighted by Crippen LogP contribution is 2.18. The topological polar surface area (TPSA) is 58.4 Å². The first-order valence-electron chi connectivity index (χ1n) is 8.68. The van der Waals surface area contributed by atoms with Crippen LogP contribution in [0.1, 0.15) is 65.7 Å². The standard InChI is InChI=1S/C17H35N3O/c1-4-11-20(14-17(2,3)13-18)12-10-16(21)19-15-8-6-5-7-9-15/h15H,4-14,18H2,1-3H3,(H,19,21). The zero-order chi connectivity index (χ0) is 15.7. The fraction of sp³-hybridized carbons (Fsp3) is 0.941. The molecule has 0 aliphatic heterocycles. The van der Waals surface area contributed by atoms with Crippen molar-refractivity contribution in [1.82, 2.24) is 10.2 Å². The molecule has 124 valence electrons. The molecule has 0 aromatic rings. The lowest BCUT2D eigenvalue weighted by atomic mass is 9.93. The van der Waals surface area contributed by atoms with E-state index < -0.39 is 0 Å². The highest BCUT2D eigenvalue weighted by atomic mass is 16.1. The molecule has 0 radical (unpaired) electrons. The Morgan fingerprint density at radius 2 is 1.90 bits per heavy atom. The van der Waals surface area contributed by atoms with Crippen molar-refractivity contribution < 1.29 is 4.79 Å². The minimum absolute atomic E-state index is 0.120. The van der Waals surface area contributed by atoms with Crippen molar-refractivity contribution in [2.45, 2.75) is 71.8 Å². The van der Waals surface area contributed by atoms with E-state index in [0.717, 1.165) is 38.9 Å². The van der Waals surface area contributed by atoms with E-state index in [1.807, 2.05) is 0 Å². The summed E-state index contributed by atoms with van der Waals surface area (Å²) in [4.78, 5) is 14.5. The van der Waals surface area contributed by atoms with Crippen LogP contribution in [0.4, 0.5) is 0 Å². The molecule has 1 aliphatic rings. The maximum atomic E-state index is 12.1. The van der Waals surface area contributed by atoms with Crippen molar-refractivity contribution >= 4 is 5.91 Å². The summed E-state index contributed by atoms with van der Waals surface area (Å²) in [5.41, 5.74) is 5.94. The summed E-state index contributed by atoms with van der Waals surface area (Å²) >= 11 is 0. The molecule has 21 heavy (non-hydrogen) atoms. The molecule has 1 saturated carbocycles. The quantitative estimate of drug-likeness (QED) is 0.687. The smallest absolute Gasteiger partial charge is 0.221 e. The van der Waals surface area contributed by atoms with Crippen molar-refractivity contribution in [3.05, 3.63) is 0 Å². The molecule has 1 rings (SSSR count). The van der Waals surface area contributed by atoms with E-state index in [-0.39, 0.29) is 11.3 Å². The third kappa shape index (κ3) is 7.82. The van der Waals surface area contributed by atoms with E-state index in [1.54, 1.807) is 0 Å². The molecule has 1 aliphatic carbocycles. The van der Waals surface area contributed by atoms with E-state index in [0.29, 0.717) is 19.0 Å². The fourth-order valence-electron chi connectivity index (χ4n) is 3.06. The van der Waals surface area contributed by atoms with E-state index >= 15 is 0 Å². The van der Waals surface area contributed by atoms with Crippen LogP contribution in [-0.2, 0) is 4.79 Å². The van der Waals surface area contributed by atoms with Crippen LogP contribution in [0.2, 0.25) is 0 Å². The van der Waals surface area contributed by atoms with Gasteiger partial charge in [-0.3, -0.25) is 4.79 Å². The van der Waals surface area contributed by atoms with Gasteiger partial charge in [-0.2, -0.15) is 0 Å². The summed E-state index contributed by atoms with van der Waals surface area (Å²) in [6, 6.07) is 0.423. The van der Waals surface area contributed by atoms with Crippen molar-refractivity contribution in [3.8, 4) is 0 Å². The fourth-order valence-corrected chi connectivity index (χ4v) is 3.06. The van der Waals surface area contributed by atoms with Crippen molar-refractivity contribution in [1.29, 1.82) is 0 Å². The number of hydrogen-bond donors (Lipinski definition) is 2. The highest BCUT2D eigenvalue weighted by molar-refractivity contribution is 5.76. The van der Waals surface area contributed by atoms with Gasteiger partial charge in [-0.05, 0) is 37.8 Å². The number of hydrogen-bond acceptors (Lipinski definition) is 3. The number of nitrogens with zero attached hydrogens (tertiary/aromatic N) is 1. The Balaban J connectivity index is 2.32. The van der Waals surface area contributed by atoms with Gasteiger partial charge in [0.2, 0.25) is 5.91 Å². The highest BCUT2D eigenvalue weighted by Gasteiger charge is 2.21. The maximum absolute atomic E-state index is 12.1. The van der Waals surface area contributed by atoms with Crippen molar-refractivity contribution in [2.75, 3.05) is 26.2 Å². The van der Waals surface area contributed by atoms with E-state index in [4.69, 9.17) is 5.73 Å². The Hall–Kier alpha value is -0.610. The van der Waals surface area contributed by atoms with Gasteiger partial charge in [0.1, 0.15) is 0 Å². The van der Waals surface area contributed by atoms with Crippen LogP contribution in [0.25, 0.3) is 0 Å². The molecule has 3 N–H and O–H groups in total. The Kier molecular flexibility index (Phi) is 8.27. The van der Waals surface area contributed by atoms with E-state index in [2.05, 4.69) is 31.0 Å². The summed E-state index contributed by atoms with van der Waals surface area (Å²) in [5, 5.41) is 3.20. The van der Waals surface area contributed by atoms with Crippen molar-refractivity contribution in [3.63, 3.8) is 0 Å². The zero-order valence-electron chi connectivity index (χ0n) is 14.3. The van der Waals surface area contributed by atoms with Gasteiger partial charge in [0.15, 0.2) is 0 Å². The Bertz CT molecular complexity index is 298. The van der Waals surface area contributed by atoms with Crippen LogP contribution in [0.3, 0.4) is 0 Å². The monoisotopic (exact) mass is 297 g/mol. The van der Waals surface area contributed by atoms with Gasteiger partial charge < -0.3 is 16.0 Å². The molecule has 0 unspecified atom stereocenters. The summed E-state index contributed by atoms with van der Waals surface area (Å²) in [6.07, 6.45) is 7.89. The molecule has 0 bridgehead atoms. The molecular weight excluding hydrogens is 262 g/mol. The summed E-state index contributed by atoms with van der Waals surface area (Å²) in [6.45, 7) is 10.1. The summed E-state index contributed by atoms with van der Waals surface area (Å²) < 4.78 is 0. The van der Waals surface area contributed by atoms with Crippen LogP contribution in [0, 0.1) is 5.41 Å². The molecule has 4 heteroatoms. The van der Waals surface area contributed by atoms with Crippen LogP contribution in [-0.4, -0.2) is 43.0 Å². The normalized spacial score (nSPS) is 17.2. The summed E-state index contributed by atoms with van der Waals surface area (Å²) in [7, 11) is 0. The lowest BCUT2D eigenvalue weighted by Gasteiger charge is -2.31. The minimum Gasteiger partial charge on any atom is -0.353 e. The van der Waals surface area contributed by atoms with Crippen LogP contribution in [0.15, 0.2) is 0 Å². The number of carbonyl (C=O) groups is 1. The average Bonchev–Trinajstić information content (AvgIpc) is 2.46. The third-order valence-electron chi connectivity index (χ3n) is 4.37. The molecule has 0 aromatic heterocycles. The second-order valence-electron chi connectivity index (χ2n) is 7.30. The number of amides is 1. The molecule has 4 nitrogen and oxygen atoms in total. The van der Waals surface area contributed by atoms with Gasteiger partial charge in [0, 0.05) is 25.6 Å². The molecule has 0 aromatic carbocycles. The molecular formula is C17H35N3O. The molecule has 0 atom stereocenters.